The molecule has 1 saturated carbocycles. The number of likely N-dealkylation sites (tertiary alicyclic amines) is 1. The molecule has 2 atom stereocenters. The number of carbonyl (C=O) groups is 1. The maximum Gasteiger partial charge on any atom is 0.229 e. The maximum atomic E-state index is 13.4. The van der Waals surface area contributed by atoms with Gasteiger partial charge in [0.25, 0.3) is 0 Å². The molecule has 1 aromatic rings. The van der Waals surface area contributed by atoms with Crippen LogP contribution in [0.25, 0.3) is 0 Å². The lowest BCUT2D eigenvalue weighted by Crippen LogP contribution is -2.41. The van der Waals surface area contributed by atoms with Crippen molar-refractivity contribution in [3.63, 3.8) is 0 Å². The molecular weight excluding hydrogens is 427 g/mol. The second-order valence-electron chi connectivity index (χ2n) is 10.5. The van der Waals surface area contributed by atoms with Gasteiger partial charge in [0.2, 0.25) is 5.91 Å². The molecule has 7 heteroatoms. The maximum absolute atomic E-state index is 13.4. The van der Waals surface area contributed by atoms with Crippen LogP contribution < -0.4 is 5.32 Å². The van der Waals surface area contributed by atoms with Crippen LogP contribution in [0.1, 0.15) is 52.5 Å². The van der Waals surface area contributed by atoms with E-state index < -0.39 is 5.82 Å². The number of nitrogens with one attached hydrogen (secondary N) is 3. The van der Waals surface area contributed by atoms with Gasteiger partial charge >= 0.3 is 0 Å². The van der Waals surface area contributed by atoms with Crippen LogP contribution in [0.4, 0.5) is 4.39 Å². The van der Waals surface area contributed by atoms with Crippen molar-refractivity contribution < 1.29 is 9.18 Å². The highest BCUT2D eigenvalue weighted by atomic mass is 35.5. The van der Waals surface area contributed by atoms with Crippen molar-refractivity contribution in [2.45, 2.75) is 47.0 Å². The summed E-state index contributed by atoms with van der Waals surface area (Å²) < 4.78 is 13.4. The topological polar surface area (TPSA) is 80.0 Å². The third-order valence-electron chi connectivity index (χ3n) is 7.26. The Balaban J connectivity index is 1.47. The average molecular weight is 461 g/mol. The Morgan fingerprint density at radius 1 is 1.31 bits per heavy atom. The van der Waals surface area contributed by atoms with Crippen LogP contribution in [0.15, 0.2) is 30.4 Å². The van der Waals surface area contributed by atoms with Gasteiger partial charge < -0.3 is 15.6 Å². The molecule has 0 aromatic heterocycles. The summed E-state index contributed by atoms with van der Waals surface area (Å²) in [5.74, 6) is -0.111. The molecule has 174 valence electrons. The van der Waals surface area contributed by atoms with Crippen LogP contribution in [0, 0.1) is 39.3 Å². The van der Waals surface area contributed by atoms with E-state index in [9.17, 15) is 9.18 Å². The number of benzene rings is 1. The largest absolute Gasteiger partial charge is 0.311 e. The molecule has 5 nitrogen and oxygen atoms in total. The highest BCUT2D eigenvalue weighted by Gasteiger charge is 2.58. The van der Waals surface area contributed by atoms with Crippen molar-refractivity contribution in [1.82, 2.24) is 10.2 Å². The lowest BCUT2D eigenvalue weighted by atomic mass is 9.81. The van der Waals surface area contributed by atoms with Gasteiger partial charge in [-0.3, -0.25) is 10.2 Å². The number of hydrogen-bond acceptors (Lipinski definition) is 4. The zero-order valence-corrected chi connectivity index (χ0v) is 20.2. The third kappa shape index (κ3) is 5.84. The molecule has 2 fully saturated rings. The number of piperidine rings is 1. The molecule has 2 aliphatic rings. The van der Waals surface area contributed by atoms with Crippen molar-refractivity contribution in [1.29, 1.82) is 10.8 Å². The monoisotopic (exact) mass is 460 g/mol. The van der Waals surface area contributed by atoms with Gasteiger partial charge in [0.1, 0.15) is 11.7 Å². The Labute approximate surface area is 195 Å². The van der Waals surface area contributed by atoms with Crippen LogP contribution in [-0.2, 0) is 4.79 Å². The predicted octanol–water partition coefficient (Wildman–Crippen LogP) is 5.28. The fraction of sp³-hybridized carbons (Fsp3) is 0.560. The Hall–Kier alpha value is -2.05. The minimum Gasteiger partial charge on any atom is -0.311 e. The molecule has 1 heterocycles. The first-order valence-corrected chi connectivity index (χ1v) is 11.6. The molecule has 32 heavy (non-hydrogen) atoms. The Bertz CT molecular complexity index is 928. The number of carbonyl (C=O) groups excluding carboxylic acids is 1. The molecule has 2 unspecified atom stereocenters. The molecule has 1 aliphatic heterocycles. The highest BCUT2D eigenvalue weighted by molar-refractivity contribution is 6.34. The number of allylic oxidation sites excluding steroid dienone is 1. The first-order chi connectivity index (χ1) is 14.9. The normalized spacial score (nSPS) is 21.5. The zero-order valence-electron chi connectivity index (χ0n) is 19.4. The Morgan fingerprint density at radius 3 is 2.59 bits per heavy atom. The van der Waals surface area contributed by atoms with Gasteiger partial charge in [-0.15, -0.1) is 0 Å². The van der Waals surface area contributed by atoms with E-state index in [1.54, 1.807) is 0 Å². The SMILES string of the molecule is CC(CN1CCC2(CC1)CC2C(=O)NC(=N)/C=C\C(=N)c1cc(F)ccc1Cl)C(C)(C)C. The number of hydrogen-bond donors (Lipinski definition) is 3. The minimum atomic E-state index is -0.483. The van der Waals surface area contributed by atoms with Crippen molar-refractivity contribution in [3.8, 4) is 0 Å². The highest BCUT2D eigenvalue weighted by Crippen LogP contribution is 2.59. The third-order valence-corrected chi connectivity index (χ3v) is 7.59. The fourth-order valence-corrected chi connectivity index (χ4v) is 4.55. The van der Waals surface area contributed by atoms with Crippen LogP contribution in [-0.4, -0.2) is 42.0 Å². The fourth-order valence-electron chi connectivity index (χ4n) is 4.33. The molecule has 0 radical (unpaired) electrons. The summed E-state index contributed by atoms with van der Waals surface area (Å²) in [6.07, 6.45) is 5.61. The van der Waals surface area contributed by atoms with E-state index in [4.69, 9.17) is 22.4 Å². The Morgan fingerprint density at radius 2 is 1.97 bits per heavy atom. The number of amides is 1. The summed E-state index contributed by atoms with van der Waals surface area (Å²) in [7, 11) is 0. The summed E-state index contributed by atoms with van der Waals surface area (Å²) >= 11 is 6.01. The van der Waals surface area contributed by atoms with Gasteiger partial charge in [-0.05, 0) is 79.5 Å². The summed E-state index contributed by atoms with van der Waals surface area (Å²) in [6, 6.07) is 3.80. The standard InChI is InChI=1S/C25H34ClFN4O/c1-16(24(2,3)4)15-31-11-9-25(10-12-31)14-19(25)23(32)30-22(29)8-7-21(28)18-13-17(27)5-6-20(18)26/h5-8,13,16,19,28H,9-12,14-15H2,1-4H3,(H2,29,30,32)/b8-7-,28-21?. The van der Waals surface area contributed by atoms with Crippen LogP contribution in [0.5, 0.6) is 0 Å². The molecule has 1 amide bonds. The lowest BCUT2D eigenvalue weighted by molar-refractivity contribution is -0.122. The lowest BCUT2D eigenvalue weighted by Gasteiger charge is -2.37. The van der Waals surface area contributed by atoms with Crippen LogP contribution in [0.3, 0.4) is 0 Å². The summed E-state index contributed by atoms with van der Waals surface area (Å²) in [4.78, 5) is 15.2. The van der Waals surface area contributed by atoms with E-state index in [1.165, 1.54) is 30.4 Å². The Kier molecular flexibility index (Phi) is 7.25. The van der Waals surface area contributed by atoms with E-state index in [0.29, 0.717) is 11.3 Å². The second kappa shape index (κ2) is 9.44. The van der Waals surface area contributed by atoms with E-state index >= 15 is 0 Å². The molecule has 1 aliphatic carbocycles. The molecule has 3 N–H and O–H groups in total. The van der Waals surface area contributed by atoms with E-state index in [2.05, 4.69) is 37.9 Å². The van der Waals surface area contributed by atoms with Gasteiger partial charge in [0, 0.05) is 18.0 Å². The summed E-state index contributed by atoms with van der Waals surface area (Å²) in [6.45, 7) is 12.3. The van der Waals surface area contributed by atoms with Gasteiger partial charge in [-0.1, -0.05) is 39.3 Å². The smallest absolute Gasteiger partial charge is 0.229 e. The number of amidine groups is 1. The van der Waals surface area contributed by atoms with Gasteiger partial charge in [0.15, 0.2) is 0 Å². The quantitative estimate of drug-likeness (QED) is 0.398. The molecule has 1 aromatic carbocycles. The minimum absolute atomic E-state index is 0.0201. The van der Waals surface area contributed by atoms with Crippen molar-refractivity contribution in [2.75, 3.05) is 19.6 Å². The molecule has 1 spiro atoms. The van der Waals surface area contributed by atoms with E-state index in [1.807, 2.05) is 0 Å². The summed E-state index contributed by atoms with van der Waals surface area (Å²) in [5, 5.41) is 19.0. The van der Waals surface area contributed by atoms with Crippen molar-refractivity contribution in [2.24, 2.45) is 22.7 Å². The summed E-state index contributed by atoms with van der Waals surface area (Å²) in [5.41, 5.74) is 0.600. The van der Waals surface area contributed by atoms with Gasteiger partial charge in [0.05, 0.1) is 10.7 Å². The molecule has 0 bridgehead atoms. The molecule has 3 rings (SSSR count). The van der Waals surface area contributed by atoms with E-state index in [0.717, 1.165) is 38.9 Å². The molecular formula is C25H34ClFN4O. The molecule has 1 saturated heterocycles. The van der Waals surface area contributed by atoms with Gasteiger partial charge in [-0.2, -0.15) is 0 Å². The number of rotatable bonds is 6. The predicted molar refractivity (Wildman–Crippen MR) is 128 cm³/mol. The van der Waals surface area contributed by atoms with E-state index in [-0.39, 0.29) is 39.4 Å². The van der Waals surface area contributed by atoms with Crippen molar-refractivity contribution in [3.05, 3.63) is 46.8 Å². The first kappa shape index (κ1) is 24.6. The van der Waals surface area contributed by atoms with Gasteiger partial charge in [-0.25, -0.2) is 4.39 Å². The first-order valence-electron chi connectivity index (χ1n) is 11.3. The van der Waals surface area contributed by atoms with Crippen molar-refractivity contribution >= 4 is 29.1 Å². The average Bonchev–Trinajstić information content (AvgIpc) is 3.42. The second-order valence-corrected chi connectivity index (χ2v) is 10.9. The van der Waals surface area contributed by atoms with Crippen LogP contribution in [0.2, 0.25) is 5.02 Å². The number of halogens is 2. The van der Waals surface area contributed by atoms with Crippen LogP contribution >= 0.6 is 11.6 Å². The zero-order chi connectivity index (χ0) is 23.7. The number of nitrogens with zero attached hydrogens (tertiary/aromatic N) is 1.